The zero-order chi connectivity index (χ0) is 9.52. The molecule has 0 heterocycles. The first-order valence-electron chi connectivity index (χ1n) is 6.00. The molecule has 1 nitrogen and oxygen atoms in total. The minimum Gasteiger partial charge on any atom is -0.233 e. The summed E-state index contributed by atoms with van der Waals surface area (Å²) < 4.78 is 0. The first-order chi connectivity index (χ1) is 6.34. The van der Waals surface area contributed by atoms with Crippen molar-refractivity contribution in [3.63, 3.8) is 0 Å². The lowest BCUT2D eigenvalue weighted by molar-refractivity contribution is 0.00409. The summed E-state index contributed by atoms with van der Waals surface area (Å²) >= 11 is 0. The van der Waals surface area contributed by atoms with Gasteiger partial charge < -0.3 is 0 Å². The molecular formula is C12H23O. The third-order valence-corrected chi connectivity index (χ3v) is 3.27. The van der Waals surface area contributed by atoms with Crippen LogP contribution in [-0.2, 0) is 5.11 Å². The van der Waals surface area contributed by atoms with Gasteiger partial charge in [0.25, 0.3) is 0 Å². The molecule has 0 aromatic carbocycles. The van der Waals surface area contributed by atoms with Crippen LogP contribution >= 0.6 is 0 Å². The van der Waals surface area contributed by atoms with Gasteiger partial charge in [0.05, 0.1) is 6.10 Å². The van der Waals surface area contributed by atoms with Gasteiger partial charge in [-0.25, -0.2) is 5.11 Å². The summed E-state index contributed by atoms with van der Waals surface area (Å²) in [6.07, 6.45) is 10.9. The van der Waals surface area contributed by atoms with Crippen molar-refractivity contribution in [2.24, 2.45) is 5.92 Å². The molecule has 0 spiro atoms. The van der Waals surface area contributed by atoms with E-state index < -0.39 is 0 Å². The van der Waals surface area contributed by atoms with Crippen molar-refractivity contribution >= 4 is 0 Å². The summed E-state index contributed by atoms with van der Waals surface area (Å²) in [5.41, 5.74) is 0. The fraction of sp³-hybridized carbons (Fsp3) is 1.00. The number of rotatable bonds is 5. The van der Waals surface area contributed by atoms with Crippen LogP contribution in [0.1, 0.15) is 64.7 Å². The molecular weight excluding hydrogens is 160 g/mol. The summed E-state index contributed by atoms with van der Waals surface area (Å²) in [6.45, 7) is 2.23. The number of unbranched alkanes of at least 4 members (excludes halogenated alkanes) is 3. The van der Waals surface area contributed by atoms with E-state index in [2.05, 4.69) is 6.92 Å². The maximum atomic E-state index is 11.5. The Bertz CT molecular complexity index is 122. The molecule has 0 N–H and O–H groups in total. The van der Waals surface area contributed by atoms with Gasteiger partial charge in [-0.1, -0.05) is 45.4 Å². The van der Waals surface area contributed by atoms with E-state index in [-0.39, 0.29) is 6.10 Å². The maximum absolute atomic E-state index is 11.5. The van der Waals surface area contributed by atoms with Gasteiger partial charge in [-0.3, -0.25) is 0 Å². The van der Waals surface area contributed by atoms with Crippen molar-refractivity contribution in [2.75, 3.05) is 0 Å². The van der Waals surface area contributed by atoms with Crippen LogP contribution in [-0.4, -0.2) is 6.10 Å². The van der Waals surface area contributed by atoms with Gasteiger partial charge in [-0.2, -0.15) is 0 Å². The molecule has 0 aromatic rings. The molecule has 1 rings (SSSR count). The first-order valence-corrected chi connectivity index (χ1v) is 6.00. The molecule has 0 amide bonds. The van der Waals surface area contributed by atoms with Gasteiger partial charge in [0.15, 0.2) is 0 Å². The SMILES string of the molecule is CCCCCCC1CCCCC1[O]. The van der Waals surface area contributed by atoms with E-state index in [1.54, 1.807) is 0 Å². The molecule has 1 aliphatic rings. The number of hydrogen-bond donors (Lipinski definition) is 0. The molecule has 13 heavy (non-hydrogen) atoms. The minimum atomic E-state index is -0.227. The maximum Gasteiger partial charge on any atom is 0.0958 e. The van der Waals surface area contributed by atoms with E-state index in [9.17, 15) is 5.11 Å². The highest BCUT2D eigenvalue weighted by Crippen LogP contribution is 2.28. The summed E-state index contributed by atoms with van der Waals surface area (Å²) in [4.78, 5) is 0. The van der Waals surface area contributed by atoms with Crippen molar-refractivity contribution in [2.45, 2.75) is 70.8 Å². The quantitative estimate of drug-likeness (QED) is 0.575. The Morgan fingerprint density at radius 1 is 1.08 bits per heavy atom. The Labute approximate surface area is 82.5 Å². The molecule has 1 aliphatic carbocycles. The Kier molecular flexibility index (Phi) is 5.45. The van der Waals surface area contributed by atoms with E-state index in [4.69, 9.17) is 0 Å². The van der Waals surface area contributed by atoms with Crippen molar-refractivity contribution in [1.82, 2.24) is 0 Å². The molecule has 2 atom stereocenters. The van der Waals surface area contributed by atoms with Crippen LogP contribution in [0.2, 0.25) is 0 Å². The van der Waals surface area contributed by atoms with Crippen LogP contribution in [0.4, 0.5) is 0 Å². The Hall–Kier alpha value is -0.0400. The molecule has 0 bridgehead atoms. The van der Waals surface area contributed by atoms with Gasteiger partial charge in [-0.15, -0.1) is 0 Å². The highest BCUT2D eigenvalue weighted by Gasteiger charge is 2.23. The normalized spacial score (nSPS) is 29.1. The molecule has 77 valence electrons. The topological polar surface area (TPSA) is 19.9 Å². The highest BCUT2D eigenvalue weighted by atomic mass is 16.3. The monoisotopic (exact) mass is 183 g/mol. The minimum absolute atomic E-state index is 0.227. The fourth-order valence-corrected chi connectivity index (χ4v) is 2.34. The van der Waals surface area contributed by atoms with Crippen molar-refractivity contribution in [1.29, 1.82) is 0 Å². The second-order valence-corrected chi connectivity index (χ2v) is 4.43. The van der Waals surface area contributed by atoms with Crippen LogP contribution in [0.3, 0.4) is 0 Å². The summed E-state index contributed by atoms with van der Waals surface area (Å²) in [7, 11) is 0. The predicted molar refractivity (Wildman–Crippen MR) is 55.2 cm³/mol. The standard InChI is InChI=1S/C12H23O/c1-2-3-4-5-8-11-9-6-7-10-12(11)13/h11-12H,2-10H2,1H3. The van der Waals surface area contributed by atoms with E-state index in [1.807, 2.05) is 0 Å². The zero-order valence-corrected chi connectivity index (χ0v) is 8.93. The van der Waals surface area contributed by atoms with Gasteiger partial charge >= 0.3 is 0 Å². The summed E-state index contributed by atoms with van der Waals surface area (Å²) in [6, 6.07) is 0. The predicted octanol–water partition coefficient (Wildman–Crippen LogP) is 3.95. The zero-order valence-electron chi connectivity index (χ0n) is 8.93. The highest BCUT2D eigenvalue weighted by molar-refractivity contribution is 4.73. The Morgan fingerprint density at radius 2 is 1.85 bits per heavy atom. The van der Waals surface area contributed by atoms with Gasteiger partial charge in [0.1, 0.15) is 0 Å². The fourth-order valence-electron chi connectivity index (χ4n) is 2.34. The van der Waals surface area contributed by atoms with Gasteiger partial charge in [0.2, 0.25) is 0 Å². The van der Waals surface area contributed by atoms with E-state index in [0.717, 1.165) is 6.42 Å². The Morgan fingerprint density at radius 3 is 2.54 bits per heavy atom. The van der Waals surface area contributed by atoms with Gasteiger partial charge in [-0.05, 0) is 25.2 Å². The second-order valence-electron chi connectivity index (χ2n) is 4.43. The number of hydrogen-bond acceptors (Lipinski definition) is 0. The third-order valence-electron chi connectivity index (χ3n) is 3.27. The molecule has 1 fully saturated rings. The second kappa shape index (κ2) is 6.42. The average molecular weight is 183 g/mol. The molecule has 1 saturated carbocycles. The molecule has 2 unspecified atom stereocenters. The van der Waals surface area contributed by atoms with E-state index >= 15 is 0 Å². The molecule has 1 heteroatoms. The van der Waals surface area contributed by atoms with Crippen LogP contribution < -0.4 is 0 Å². The molecule has 0 aromatic heterocycles. The molecule has 0 aliphatic heterocycles. The first kappa shape index (κ1) is 11.0. The largest absolute Gasteiger partial charge is 0.233 e. The lowest BCUT2D eigenvalue weighted by Gasteiger charge is -2.25. The van der Waals surface area contributed by atoms with Crippen molar-refractivity contribution < 1.29 is 5.11 Å². The van der Waals surface area contributed by atoms with Crippen LogP contribution in [0.25, 0.3) is 0 Å². The molecule has 0 saturated heterocycles. The van der Waals surface area contributed by atoms with Gasteiger partial charge in [0, 0.05) is 0 Å². The van der Waals surface area contributed by atoms with Crippen LogP contribution in [0, 0.1) is 5.92 Å². The average Bonchev–Trinajstić information content (AvgIpc) is 2.15. The molecule has 1 radical (unpaired) electrons. The lowest BCUT2D eigenvalue weighted by atomic mass is 9.83. The van der Waals surface area contributed by atoms with Crippen LogP contribution in [0.5, 0.6) is 0 Å². The van der Waals surface area contributed by atoms with E-state index in [0.29, 0.717) is 5.92 Å². The van der Waals surface area contributed by atoms with Crippen molar-refractivity contribution in [3.8, 4) is 0 Å². The summed E-state index contributed by atoms with van der Waals surface area (Å²) in [5, 5.41) is 11.5. The Balaban J connectivity index is 2.05. The lowest BCUT2D eigenvalue weighted by Crippen LogP contribution is -2.22. The van der Waals surface area contributed by atoms with Crippen LogP contribution in [0.15, 0.2) is 0 Å². The van der Waals surface area contributed by atoms with E-state index in [1.165, 1.54) is 51.4 Å². The summed E-state index contributed by atoms with van der Waals surface area (Å²) in [5.74, 6) is 0.519. The smallest absolute Gasteiger partial charge is 0.0958 e. The van der Waals surface area contributed by atoms with Crippen molar-refractivity contribution in [3.05, 3.63) is 0 Å². The third kappa shape index (κ3) is 4.12.